The maximum Gasteiger partial charge on any atom is 0.271 e. The lowest BCUT2D eigenvalue weighted by Gasteiger charge is -2.17. The van der Waals surface area contributed by atoms with Crippen LogP contribution < -0.4 is 16.8 Å². The van der Waals surface area contributed by atoms with Gasteiger partial charge in [-0.05, 0) is 7.05 Å². The van der Waals surface area contributed by atoms with Crippen molar-refractivity contribution in [3.05, 3.63) is 12.0 Å². The lowest BCUT2D eigenvalue weighted by molar-refractivity contribution is -0.0346. The minimum atomic E-state index is -1.17. The Hall–Kier alpha value is -1.68. The van der Waals surface area contributed by atoms with Gasteiger partial charge < -0.3 is 31.7 Å². The molecule has 0 radical (unpaired) electrons. The number of nitrogen functional groups attached to an aromatic ring is 1. The second-order valence-electron chi connectivity index (χ2n) is 4.35. The van der Waals surface area contributed by atoms with Crippen LogP contribution in [0, 0.1) is 0 Å². The minimum Gasteiger partial charge on any atom is -0.387 e. The number of aromatic nitrogens is 2. The smallest absolute Gasteiger partial charge is 0.271 e. The van der Waals surface area contributed by atoms with Crippen molar-refractivity contribution in [3.63, 3.8) is 0 Å². The molecule has 1 aliphatic heterocycles. The van der Waals surface area contributed by atoms with Crippen molar-refractivity contribution in [2.24, 2.45) is 5.73 Å². The third kappa shape index (κ3) is 2.28. The van der Waals surface area contributed by atoms with Crippen LogP contribution >= 0.6 is 0 Å². The second kappa shape index (κ2) is 5.13. The maximum atomic E-state index is 11.1. The van der Waals surface area contributed by atoms with Gasteiger partial charge in [-0.15, -0.1) is 0 Å². The summed E-state index contributed by atoms with van der Waals surface area (Å²) >= 11 is 0. The van der Waals surface area contributed by atoms with E-state index in [2.05, 4.69) is 10.3 Å². The van der Waals surface area contributed by atoms with E-state index in [0.717, 1.165) is 0 Å². The molecule has 0 spiro atoms. The molecular formula is C10H17N5O4. The number of nitrogens with zero attached hydrogens (tertiary/aromatic N) is 2. The lowest BCUT2D eigenvalue weighted by Crippen LogP contribution is -2.36. The molecule has 1 aromatic heterocycles. The Morgan fingerprint density at radius 2 is 2.26 bits per heavy atom. The highest BCUT2D eigenvalue weighted by atomic mass is 16.6. The lowest BCUT2D eigenvalue weighted by atomic mass is 10.1. The van der Waals surface area contributed by atoms with Gasteiger partial charge in [0.15, 0.2) is 11.9 Å². The number of carbonyl (C=O) groups is 1. The summed E-state index contributed by atoms with van der Waals surface area (Å²) in [6.45, 7) is 0.367. The van der Waals surface area contributed by atoms with E-state index in [1.54, 1.807) is 7.05 Å². The molecule has 1 aliphatic rings. The Morgan fingerprint density at radius 3 is 2.79 bits per heavy atom. The highest BCUT2D eigenvalue weighted by Gasteiger charge is 2.44. The summed E-state index contributed by atoms with van der Waals surface area (Å²) in [5.41, 5.74) is 10.7. The maximum absolute atomic E-state index is 11.1. The van der Waals surface area contributed by atoms with E-state index in [1.807, 2.05) is 0 Å². The summed E-state index contributed by atoms with van der Waals surface area (Å²) in [6, 6.07) is 0. The van der Waals surface area contributed by atoms with Crippen LogP contribution in [0.3, 0.4) is 0 Å². The summed E-state index contributed by atoms with van der Waals surface area (Å²) in [6.07, 6.45) is -2.47. The SMILES string of the molecule is CNC[C@H]1O[C@@H](n2cnc(C(N)=O)c2N)[C@H](O)[C@@H]1O. The molecule has 7 N–H and O–H groups in total. The highest BCUT2D eigenvalue weighted by Crippen LogP contribution is 2.31. The van der Waals surface area contributed by atoms with Gasteiger partial charge in [-0.2, -0.15) is 0 Å². The molecule has 0 saturated carbocycles. The van der Waals surface area contributed by atoms with Crippen molar-refractivity contribution in [2.75, 3.05) is 19.3 Å². The van der Waals surface area contributed by atoms with Crippen LogP contribution in [-0.2, 0) is 4.74 Å². The Morgan fingerprint density at radius 1 is 1.58 bits per heavy atom. The van der Waals surface area contributed by atoms with E-state index >= 15 is 0 Å². The normalized spacial score (nSPS) is 30.7. The van der Waals surface area contributed by atoms with Gasteiger partial charge >= 0.3 is 0 Å². The van der Waals surface area contributed by atoms with Gasteiger partial charge in [0.2, 0.25) is 0 Å². The van der Waals surface area contributed by atoms with Gasteiger partial charge in [0.05, 0.1) is 6.33 Å². The number of rotatable bonds is 4. The molecule has 4 atom stereocenters. The van der Waals surface area contributed by atoms with Crippen LogP contribution in [0.15, 0.2) is 6.33 Å². The van der Waals surface area contributed by atoms with E-state index in [1.165, 1.54) is 10.9 Å². The number of primary amides is 1. The first kappa shape index (κ1) is 13.7. The Kier molecular flexibility index (Phi) is 3.71. The molecule has 0 bridgehead atoms. The van der Waals surface area contributed by atoms with Gasteiger partial charge in [0.1, 0.15) is 24.1 Å². The Labute approximate surface area is 109 Å². The molecule has 2 rings (SSSR count). The highest BCUT2D eigenvalue weighted by molar-refractivity contribution is 5.95. The quantitative estimate of drug-likeness (QED) is 0.403. The standard InChI is InChI=1S/C10H17N5O4/c1-13-2-4-6(16)7(17)10(19-4)15-3-14-5(8(15)11)9(12)18/h3-4,6-7,10,13,16-17H,2,11H2,1H3,(H2,12,18)/t4-,6-,7-,10-/m1/s1. The van der Waals surface area contributed by atoms with Crippen LogP contribution in [-0.4, -0.2) is 57.6 Å². The number of imidazole rings is 1. The summed E-state index contributed by atoms with van der Waals surface area (Å²) in [7, 11) is 1.70. The average Bonchev–Trinajstić information content (AvgIpc) is 2.85. The zero-order valence-corrected chi connectivity index (χ0v) is 10.4. The number of likely N-dealkylation sites (N-methyl/N-ethyl adjacent to an activating group) is 1. The van der Waals surface area contributed by atoms with Crippen molar-refractivity contribution in [1.29, 1.82) is 0 Å². The number of aliphatic hydroxyl groups is 2. The van der Waals surface area contributed by atoms with E-state index in [-0.39, 0.29) is 11.5 Å². The first-order valence-electron chi connectivity index (χ1n) is 5.75. The summed E-state index contributed by atoms with van der Waals surface area (Å²) < 4.78 is 6.80. The predicted octanol–water partition coefficient (Wildman–Crippen LogP) is -2.60. The molecule has 106 valence electrons. The monoisotopic (exact) mass is 271 g/mol. The molecule has 19 heavy (non-hydrogen) atoms. The van der Waals surface area contributed by atoms with E-state index in [9.17, 15) is 15.0 Å². The number of carbonyl (C=O) groups excluding carboxylic acids is 1. The molecule has 9 heteroatoms. The van der Waals surface area contributed by atoms with Gasteiger partial charge in [0.25, 0.3) is 5.91 Å². The molecule has 0 aromatic carbocycles. The van der Waals surface area contributed by atoms with Crippen LogP contribution in [0.5, 0.6) is 0 Å². The van der Waals surface area contributed by atoms with Crippen molar-refractivity contribution in [3.8, 4) is 0 Å². The fraction of sp³-hybridized carbons (Fsp3) is 0.600. The number of anilines is 1. The minimum absolute atomic E-state index is 0.00569. The van der Waals surface area contributed by atoms with Crippen LogP contribution in [0.2, 0.25) is 0 Å². The third-order valence-electron chi connectivity index (χ3n) is 3.08. The number of aliphatic hydroxyl groups excluding tert-OH is 2. The molecule has 9 nitrogen and oxygen atoms in total. The zero-order valence-electron chi connectivity index (χ0n) is 10.4. The van der Waals surface area contributed by atoms with Crippen LogP contribution in [0.4, 0.5) is 5.82 Å². The van der Waals surface area contributed by atoms with Crippen molar-refractivity contribution >= 4 is 11.7 Å². The van der Waals surface area contributed by atoms with Crippen LogP contribution in [0.1, 0.15) is 16.7 Å². The molecule has 0 aliphatic carbocycles. The molecule has 1 aromatic rings. The molecular weight excluding hydrogens is 254 g/mol. The van der Waals surface area contributed by atoms with Crippen LogP contribution in [0.25, 0.3) is 0 Å². The summed E-state index contributed by atoms with van der Waals surface area (Å²) in [5.74, 6) is -0.773. The molecule has 1 amide bonds. The fourth-order valence-electron chi connectivity index (χ4n) is 2.09. The van der Waals surface area contributed by atoms with Crippen molar-refractivity contribution in [2.45, 2.75) is 24.5 Å². The number of ether oxygens (including phenoxy) is 1. The van der Waals surface area contributed by atoms with Gasteiger partial charge in [-0.1, -0.05) is 0 Å². The van der Waals surface area contributed by atoms with E-state index < -0.39 is 30.4 Å². The van der Waals surface area contributed by atoms with Gasteiger partial charge in [0, 0.05) is 6.54 Å². The van der Waals surface area contributed by atoms with E-state index in [4.69, 9.17) is 16.2 Å². The second-order valence-corrected chi connectivity index (χ2v) is 4.35. The summed E-state index contributed by atoms with van der Waals surface area (Å²) in [5, 5.41) is 22.6. The number of nitrogens with one attached hydrogen (secondary N) is 1. The first-order valence-corrected chi connectivity index (χ1v) is 5.75. The topological polar surface area (TPSA) is 149 Å². The van der Waals surface area contributed by atoms with Crippen molar-refractivity contribution < 1.29 is 19.7 Å². The first-order chi connectivity index (χ1) is 8.97. The largest absolute Gasteiger partial charge is 0.387 e. The summed E-state index contributed by atoms with van der Waals surface area (Å²) in [4.78, 5) is 14.8. The number of amides is 1. The molecule has 1 fully saturated rings. The molecule has 1 saturated heterocycles. The Balaban J connectivity index is 2.25. The number of hydrogen-bond donors (Lipinski definition) is 5. The molecule has 2 heterocycles. The number of nitrogens with two attached hydrogens (primary N) is 2. The Bertz CT molecular complexity index is 476. The fourth-order valence-corrected chi connectivity index (χ4v) is 2.09. The van der Waals surface area contributed by atoms with Gasteiger partial charge in [-0.25, -0.2) is 4.98 Å². The van der Waals surface area contributed by atoms with E-state index in [0.29, 0.717) is 6.54 Å². The zero-order chi connectivity index (χ0) is 14.2. The van der Waals surface area contributed by atoms with Crippen molar-refractivity contribution in [1.82, 2.24) is 14.9 Å². The predicted molar refractivity (Wildman–Crippen MR) is 65.0 cm³/mol. The average molecular weight is 271 g/mol. The molecule has 0 unspecified atom stereocenters. The number of hydrogen-bond acceptors (Lipinski definition) is 7. The van der Waals surface area contributed by atoms with Gasteiger partial charge in [-0.3, -0.25) is 9.36 Å². The third-order valence-corrected chi connectivity index (χ3v) is 3.08.